The summed E-state index contributed by atoms with van der Waals surface area (Å²) < 4.78 is 29.7. The summed E-state index contributed by atoms with van der Waals surface area (Å²) in [7, 11) is -3.22. The van der Waals surface area contributed by atoms with E-state index in [0.29, 0.717) is 30.8 Å². The van der Waals surface area contributed by atoms with Gasteiger partial charge >= 0.3 is 0 Å². The molecule has 4 saturated heterocycles. The lowest BCUT2D eigenvalue weighted by molar-refractivity contribution is 0.253. The van der Waals surface area contributed by atoms with Crippen LogP contribution in [0.15, 0.2) is 0 Å². The minimum atomic E-state index is -3.22. The van der Waals surface area contributed by atoms with Crippen LogP contribution < -0.4 is 5.32 Å². The smallest absolute Gasteiger partial charge is 0.282 e. The van der Waals surface area contributed by atoms with Gasteiger partial charge in [-0.1, -0.05) is 6.92 Å². The molecule has 0 unspecified atom stereocenters. The van der Waals surface area contributed by atoms with E-state index in [1.165, 1.54) is 0 Å². The average Bonchev–Trinajstić information content (AvgIpc) is 3.11. The second kappa shape index (κ2) is 4.66. The van der Waals surface area contributed by atoms with Crippen molar-refractivity contribution in [3.63, 3.8) is 0 Å². The Morgan fingerprint density at radius 2 is 1.50 bits per heavy atom. The van der Waals surface area contributed by atoms with Gasteiger partial charge in [-0.05, 0) is 56.5 Å². The third kappa shape index (κ3) is 1.81. The van der Waals surface area contributed by atoms with E-state index in [2.05, 4.69) is 12.2 Å². The van der Waals surface area contributed by atoms with Crippen LogP contribution in [0.2, 0.25) is 0 Å². The van der Waals surface area contributed by atoms with Crippen molar-refractivity contribution in [1.82, 2.24) is 13.9 Å². The van der Waals surface area contributed by atoms with Crippen LogP contribution >= 0.6 is 0 Å². The number of nitrogens with one attached hydrogen (secondary N) is 1. The van der Waals surface area contributed by atoms with E-state index in [-0.39, 0.29) is 12.1 Å². The number of rotatable bonds is 2. The van der Waals surface area contributed by atoms with Crippen LogP contribution in [-0.4, -0.2) is 55.3 Å². The summed E-state index contributed by atoms with van der Waals surface area (Å²) in [6.07, 6.45) is 4.15. The molecular weight excluding hydrogens is 274 g/mol. The molecule has 0 aromatic carbocycles. The first-order valence-corrected chi connectivity index (χ1v) is 9.48. The second-order valence-corrected chi connectivity index (χ2v) is 8.95. The van der Waals surface area contributed by atoms with E-state index in [1.807, 2.05) is 4.31 Å². The molecule has 5 nitrogen and oxygen atoms in total. The molecule has 0 saturated carbocycles. The third-order valence-electron chi connectivity index (χ3n) is 6.05. The van der Waals surface area contributed by atoms with Crippen molar-refractivity contribution in [2.75, 3.05) is 26.2 Å². The van der Waals surface area contributed by atoms with Crippen LogP contribution in [0.1, 0.15) is 32.6 Å². The van der Waals surface area contributed by atoms with E-state index < -0.39 is 10.2 Å². The predicted molar refractivity (Wildman–Crippen MR) is 77.4 cm³/mol. The maximum Gasteiger partial charge on any atom is 0.282 e. The lowest BCUT2D eigenvalue weighted by Crippen LogP contribution is -2.50. The molecule has 4 atom stereocenters. The second-order valence-electron chi connectivity index (χ2n) is 7.12. The van der Waals surface area contributed by atoms with E-state index in [9.17, 15) is 8.42 Å². The predicted octanol–water partition coefficient (Wildman–Crippen LogP) is 0.645. The van der Waals surface area contributed by atoms with Crippen LogP contribution in [0.5, 0.6) is 0 Å². The van der Waals surface area contributed by atoms with Gasteiger partial charge in [0.1, 0.15) is 0 Å². The lowest BCUT2D eigenvalue weighted by Gasteiger charge is -2.35. The van der Waals surface area contributed by atoms with E-state index >= 15 is 0 Å². The Bertz CT molecular complexity index is 469. The summed E-state index contributed by atoms with van der Waals surface area (Å²) in [6.45, 7) is 5.67. The van der Waals surface area contributed by atoms with Crippen molar-refractivity contribution in [1.29, 1.82) is 0 Å². The van der Waals surface area contributed by atoms with Gasteiger partial charge in [0.25, 0.3) is 10.2 Å². The Balaban J connectivity index is 1.58. The maximum absolute atomic E-state index is 13.0. The Hall–Kier alpha value is -0.170. The zero-order valence-corrected chi connectivity index (χ0v) is 13.0. The van der Waals surface area contributed by atoms with Crippen LogP contribution in [0.25, 0.3) is 0 Å². The Morgan fingerprint density at radius 1 is 0.950 bits per heavy atom. The number of piperidine rings is 1. The van der Waals surface area contributed by atoms with Crippen LogP contribution in [0.3, 0.4) is 0 Å². The topological polar surface area (TPSA) is 52.7 Å². The zero-order chi connectivity index (χ0) is 13.9. The van der Waals surface area contributed by atoms with Crippen molar-refractivity contribution >= 4 is 10.2 Å². The number of hydrogen-bond acceptors (Lipinski definition) is 3. The van der Waals surface area contributed by atoms with Gasteiger partial charge in [0.2, 0.25) is 0 Å². The lowest BCUT2D eigenvalue weighted by atomic mass is 9.82. The summed E-state index contributed by atoms with van der Waals surface area (Å²) in [5.41, 5.74) is 0. The first kappa shape index (κ1) is 13.5. The van der Waals surface area contributed by atoms with Gasteiger partial charge < -0.3 is 5.32 Å². The molecule has 4 aliphatic rings. The van der Waals surface area contributed by atoms with Gasteiger partial charge in [0, 0.05) is 25.2 Å². The molecule has 0 aliphatic carbocycles. The fraction of sp³-hybridized carbons (Fsp3) is 1.00. The molecule has 4 heterocycles. The molecule has 4 rings (SSSR count). The molecule has 1 N–H and O–H groups in total. The van der Waals surface area contributed by atoms with Gasteiger partial charge in [0.05, 0.1) is 0 Å². The average molecular weight is 299 g/mol. The SMILES string of the molecule is CC1CCN(S(=O)(=O)N2[C@@H]3CC[C@H]2[C@H]2CNC[C@H]23)CC1. The van der Waals surface area contributed by atoms with Gasteiger partial charge in [-0.3, -0.25) is 0 Å². The molecule has 4 fully saturated rings. The fourth-order valence-electron chi connectivity index (χ4n) is 4.90. The zero-order valence-electron chi connectivity index (χ0n) is 12.2. The Labute approximate surface area is 121 Å². The van der Waals surface area contributed by atoms with E-state index in [0.717, 1.165) is 38.8 Å². The highest BCUT2D eigenvalue weighted by molar-refractivity contribution is 7.86. The van der Waals surface area contributed by atoms with E-state index in [1.54, 1.807) is 4.31 Å². The Kier molecular flexibility index (Phi) is 3.15. The first-order valence-electron chi connectivity index (χ1n) is 8.08. The highest BCUT2D eigenvalue weighted by atomic mass is 32.2. The molecule has 0 spiro atoms. The van der Waals surface area contributed by atoms with Crippen LogP contribution in [-0.2, 0) is 10.2 Å². The van der Waals surface area contributed by atoms with E-state index in [4.69, 9.17) is 0 Å². The first-order chi connectivity index (χ1) is 9.59. The minimum absolute atomic E-state index is 0.268. The summed E-state index contributed by atoms with van der Waals surface area (Å²) in [5.74, 6) is 1.79. The van der Waals surface area contributed by atoms with Crippen molar-refractivity contribution in [3.05, 3.63) is 0 Å². The normalized spacial score (nSPS) is 43.2. The summed E-state index contributed by atoms with van der Waals surface area (Å²) >= 11 is 0. The maximum atomic E-state index is 13.0. The highest BCUT2D eigenvalue weighted by Crippen LogP contribution is 2.49. The molecule has 4 aliphatic heterocycles. The van der Waals surface area contributed by atoms with Gasteiger partial charge in [-0.2, -0.15) is 17.0 Å². The summed E-state index contributed by atoms with van der Waals surface area (Å²) in [4.78, 5) is 0. The minimum Gasteiger partial charge on any atom is -0.316 e. The number of fused-ring (bicyclic) bond motifs is 5. The van der Waals surface area contributed by atoms with Gasteiger partial charge in [-0.15, -0.1) is 0 Å². The molecule has 114 valence electrons. The molecule has 0 aromatic heterocycles. The molecule has 0 aromatic rings. The number of nitrogens with zero attached hydrogens (tertiary/aromatic N) is 2. The third-order valence-corrected chi connectivity index (χ3v) is 8.14. The largest absolute Gasteiger partial charge is 0.316 e. The van der Waals surface area contributed by atoms with Crippen molar-refractivity contribution in [2.24, 2.45) is 17.8 Å². The quantitative estimate of drug-likeness (QED) is 0.814. The monoisotopic (exact) mass is 299 g/mol. The molecule has 2 bridgehead atoms. The molecular formula is C14H25N3O2S. The Morgan fingerprint density at radius 3 is 2.05 bits per heavy atom. The highest BCUT2D eigenvalue weighted by Gasteiger charge is 2.59. The van der Waals surface area contributed by atoms with Crippen molar-refractivity contribution in [3.8, 4) is 0 Å². The number of hydrogen-bond donors (Lipinski definition) is 1. The summed E-state index contributed by atoms with van der Waals surface area (Å²) in [5, 5.41) is 3.45. The standard InChI is InChI=1S/C14H25N3O2S/c1-10-4-6-16(7-5-10)20(18,19)17-13-2-3-14(17)12-9-15-8-11(12)13/h10-15H,2-9H2,1H3/t11-,12+,13-,14+. The van der Waals surface area contributed by atoms with Crippen LogP contribution in [0, 0.1) is 17.8 Å². The molecule has 6 heteroatoms. The van der Waals surface area contributed by atoms with Gasteiger partial charge in [0.15, 0.2) is 0 Å². The van der Waals surface area contributed by atoms with Crippen LogP contribution in [0.4, 0.5) is 0 Å². The molecule has 0 amide bonds. The molecule has 20 heavy (non-hydrogen) atoms. The van der Waals surface area contributed by atoms with Gasteiger partial charge in [-0.25, -0.2) is 0 Å². The van der Waals surface area contributed by atoms with Crippen molar-refractivity contribution in [2.45, 2.75) is 44.7 Å². The summed E-state index contributed by atoms with van der Waals surface area (Å²) in [6, 6.07) is 0.536. The molecule has 0 radical (unpaired) electrons. The van der Waals surface area contributed by atoms with Crippen molar-refractivity contribution < 1.29 is 8.42 Å². The fourth-order valence-corrected chi connectivity index (χ4v) is 7.05.